The van der Waals surface area contributed by atoms with Crippen molar-refractivity contribution >= 4 is 45.6 Å². The molecular weight excluding hydrogens is 368 g/mol. The number of rotatable bonds is 9. The molecule has 2 aromatic rings. The standard InChI is InChI=1S/C18H22N4O2S2/c1-5-10-19-17-21-22-18(26-17)25-12(4)15(23)13-6-8-14(9-7-13)20-16(24)11(2)3/h5-9,11-12H,1,10H2,2-4H3,(H,19,21)(H,20,24)/t12-/m0/s1. The van der Waals surface area contributed by atoms with Crippen molar-refractivity contribution < 1.29 is 9.59 Å². The lowest BCUT2D eigenvalue weighted by molar-refractivity contribution is -0.118. The van der Waals surface area contributed by atoms with Gasteiger partial charge in [-0.15, -0.1) is 16.8 Å². The Morgan fingerprint density at radius 1 is 1.23 bits per heavy atom. The number of anilines is 2. The molecule has 0 aliphatic rings. The Bertz CT molecular complexity index is 772. The quantitative estimate of drug-likeness (QED) is 0.381. The first-order valence-corrected chi connectivity index (χ1v) is 9.90. The zero-order chi connectivity index (χ0) is 19.1. The summed E-state index contributed by atoms with van der Waals surface area (Å²) in [4.78, 5) is 24.3. The van der Waals surface area contributed by atoms with Crippen LogP contribution in [-0.2, 0) is 4.79 Å². The number of carbonyl (C=O) groups is 2. The van der Waals surface area contributed by atoms with Crippen molar-refractivity contribution in [3.05, 3.63) is 42.5 Å². The zero-order valence-electron chi connectivity index (χ0n) is 15.0. The van der Waals surface area contributed by atoms with E-state index in [0.29, 0.717) is 22.9 Å². The van der Waals surface area contributed by atoms with Gasteiger partial charge in [0, 0.05) is 23.7 Å². The van der Waals surface area contributed by atoms with E-state index < -0.39 is 0 Å². The Balaban J connectivity index is 1.96. The number of hydrogen-bond acceptors (Lipinski definition) is 7. The van der Waals surface area contributed by atoms with Crippen molar-refractivity contribution in [1.29, 1.82) is 0 Å². The summed E-state index contributed by atoms with van der Waals surface area (Å²) in [7, 11) is 0. The zero-order valence-corrected chi connectivity index (χ0v) is 16.6. The second-order valence-corrected chi connectivity index (χ2v) is 8.45. The number of carbonyl (C=O) groups excluding carboxylic acids is 2. The van der Waals surface area contributed by atoms with Crippen molar-refractivity contribution in [2.75, 3.05) is 17.2 Å². The van der Waals surface area contributed by atoms with Gasteiger partial charge in [-0.25, -0.2) is 0 Å². The van der Waals surface area contributed by atoms with E-state index >= 15 is 0 Å². The van der Waals surface area contributed by atoms with Gasteiger partial charge in [-0.05, 0) is 31.2 Å². The largest absolute Gasteiger partial charge is 0.357 e. The summed E-state index contributed by atoms with van der Waals surface area (Å²) in [5.74, 6) is -0.136. The third kappa shape index (κ3) is 5.67. The average molecular weight is 391 g/mol. The lowest BCUT2D eigenvalue weighted by Gasteiger charge is -2.10. The van der Waals surface area contributed by atoms with Gasteiger partial charge >= 0.3 is 0 Å². The molecule has 0 aliphatic carbocycles. The van der Waals surface area contributed by atoms with Crippen LogP contribution in [0.1, 0.15) is 31.1 Å². The van der Waals surface area contributed by atoms with Crippen LogP contribution in [0.4, 0.5) is 10.8 Å². The van der Waals surface area contributed by atoms with Gasteiger partial charge in [0.15, 0.2) is 10.1 Å². The molecule has 1 aromatic heterocycles. The van der Waals surface area contributed by atoms with Crippen LogP contribution in [0.5, 0.6) is 0 Å². The highest BCUT2D eigenvalue weighted by Crippen LogP contribution is 2.30. The molecule has 1 atom stereocenters. The summed E-state index contributed by atoms with van der Waals surface area (Å²) in [6.45, 7) is 9.77. The first-order chi connectivity index (χ1) is 12.4. The molecule has 1 heterocycles. The molecular formula is C18H22N4O2S2. The van der Waals surface area contributed by atoms with E-state index in [2.05, 4.69) is 27.4 Å². The van der Waals surface area contributed by atoms with Crippen molar-refractivity contribution in [3.8, 4) is 0 Å². The van der Waals surface area contributed by atoms with E-state index in [0.717, 1.165) is 4.34 Å². The van der Waals surface area contributed by atoms with Crippen LogP contribution in [0.2, 0.25) is 0 Å². The van der Waals surface area contributed by atoms with E-state index in [1.165, 1.54) is 23.1 Å². The maximum atomic E-state index is 12.6. The smallest absolute Gasteiger partial charge is 0.226 e. The third-order valence-electron chi connectivity index (χ3n) is 3.41. The lowest BCUT2D eigenvalue weighted by Crippen LogP contribution is -2.18. The molecule has 8 heteroatoms. The van der Waals surface area contributed by atoms with E-state index in [9.17, 15) is 9.59 Å². The molecule has 26 heavy (non-hydrogen) atoms. The number of thioether (sulfide) groups is 1. The first-order valence-electron chi connectivity index (χ1n) is 8.20. The molecule has 0 saturated carbocycles. The van der Waals surface area contributed by atoms with Gasteiger partial charge in [0.1, 0.15) is 0 Å². The van der Waals surface area contributed by atoms with Crippen molar-refractivity contribution in [2.45, 2.75) is 30.4 Å². The minimum absolute atomic E-state index is 0.00698. The summed E-state index contributed by atoms with van der Waals surface area (Å²) < 4.78 is 0.734. The average Bonchev–Trinajstić information content (AvgIpc) is 3.07. The number of hydrogen-bond donors (Lipinski definition) is 2. The van der Waals surface area contributed by atoms with Gasteiger partial charge in [-0.3, -0.25) is 9.59 Å². The van der Waals surface area contributed by atoms with Crippen LogP contribution < -0.4 is 10.6 Å². The van der Waals surface area contributed by atoms with Gasteiger partial charge in [-0.1, -0.05) is 43.0 Å². The van der Waals surface area contributed by atoms with Crippen LogP contribution in [0, 0.1) is 5.92 Å². The van der Waals surface area contributed by atoms with Crippen LogP contribution in [0.25, 0.3) is 0 Å². The number of Topliss-reactive ketones (excluding diaryl/α,β-unsaturated/α-hetero) is 1. The van der Waals surface area contributed by atoms with Gasteiger partial charge in [-0.2, -0.15) is 0 Å². The summed E-state index contributed by atoms with van der Waals surface area (Å²) >= 11 is 2.79. The predicted octanol–water partition coefficient (Wildman–Crippen LogP) is 4.09. The number of aromatic nitrogens is 2. The van der Waals surface area contributed by atoms with Crippen molar-refractivity contribution in [1.82, 2.24) is 10.2 Å². The lowest BCUT2D eigenvalue weighted by atomic mass is 10.1. The van der Waals surface area contributed by atoms with Crippen LogP contribution in [0.3, 0.4) is 0 Å². The third-order valence-corrected chi connectivity index (χ3v) is 5.48. The number of amides is 1. The van der Waals surface area contributed by atoms with E-state index in [1.807, 2.05) is 20.8 Å². The molecule has 0 spiro atoms. The summed E-state index contributed by atoms with van der Waals surface area (Å²) in [6.07, 6.45) is 1.74. The second kappa shape index (κ2) is 9.49. The van der Waals surface area contributed by atoms with Crippen molar-refractivity contribution in [3.63, 3.8) is 0 Å². The molecule has 138 valence electrons. The summed E-state index contributed by atoms with van der Waals surface area (Å²) in [5.41, 5.74) is 1.28. The number of nitrogens with zero attached hydrogens (tertiary/aromatic N) is 2. The fraction of sp³-hybridized carbons (Fsp3) is 0.333. The number of nitrogens with one attached hydrogen (secondary N) is 2. The maximum absolute atomic E-state index is 12.6. The fourth-order valence-corrected chi connectivity index (χ4v) is 3.91. The number of ketones is 1. The summed E-state index contributed by atoms with van der Waals surface area (Å²) in [6, 6.07) is 6.94. The number of benzene rings is 1. The molecule has 6 nitrogen and oxygen atoms in total. The van der Waals surface area contributed by atoms with Crippen LogP contribution in [0.15, 0.2) is 41.3 Å². The Hall–Kier alpha value is -2.19. The highest BCUT2D eigenvalue weighted by molar-refractivity contribution is 8.02. The van der Waals surface area contributed by atoms with Crippen molar-refractivity contribution in [2.24, 2.45) is 5.92 Å². The van der Waals surface area contributed by atoms with Gasteiger partial charge in [0.2, 0.25) is 11.0 Å². The highest BCUT2D eigenvalue weighted by atomic mass is 32.2. The Labute approximate surface area is 161 Å². The fourth-order valence-electron chi connectivity index (χ4n) is 1.93. The highest BCUT2D eigenvalue weighted by Gasteiger charge is 2.19. The van der Waals surface area contributed by atoms with E-state index in [1.54, 1.807) is 30.3 Å². The Morgan fingerprint density at radius 3 is 2.54 bits per heavy atom. The minimum atomic E-state index is -0.286. The van der Waals surface area contributed by atoms with Crippen LogP contribution in [-0.4, -0.2) is 33.7 Å². The summed E-state index contributed by atoms with van der Waals surface area (Å²) in [5, 5.41) is 14.4. The SMILES string of the molecule is C=CCNc1nnc(S[C@@H](C)C(=O)c2ccc(NC(=O)C(C)C)cc2)s1. The van der Waals surface area contributed by atoms with Gasteiger partial charge in [0.25, 0.3) is 0 Å². The molecule has 1 aromatic carbocycles. The molecule has 0 bridgehead atoms. The molecule has 1 amide bonds. The first kappa shape index (κ1) is 20.1. The molecule has 0 fully saturated rings. The normalized spacial score (nSPS) is 11.8. The maximum Gasteiger partial charge on any atom is 0.226 e. The minimum Gasteiger partial charge on any atom is -0.357 e. The molecule has 0 unspecified atom stereocenters. The molecule has 0 saturated heterocycles. The molecule has 0 aliphatic heterocycles. The van der Waals surface area contributed by atoms with Gasteiger partial charge < -0.3 is 10.6 Å². The second-order valence-electron chi connectivity index (χ2n) is 5.89. The topological polar surface area (TPSA) is 84.0 Å². The molecule has 2 rings (SSSR count). The van der Waals surface area contributed by atoms with Crippen LogP contribution >= 0.6 is 23.1 Å². The predicted molar refractivity (Wildman–Crippen MR) is 108 cm³/mol. The van der Waals surface area contributed by atoms with E-state index in [4.69, 9.17) is 0 Å². The Morgan fingerprint density at radius 2 is 1.92 bits per heavy atom. The Kier molecular flexibility index (Phi) is 7.35. The monoisotopic (exact) mass is 390 g/mol. The molecule has 2 N–H and O–H groups in total. The van der Waals surface area contributed by atoms with E-state index in [-0.39, 0.29) is 22.9 Å². The van der Waals surface area contributed by atoms with Gasteiger partial charge in [0.05, 0.1) is 5.25 Å². The molecule has 0 radical (unpaired) electrons.